The summed E-state index contributed by atoms with van der Waals surface area (Å²) in [5.41, 5.74) is 5.24. The first-order valence-electron chi connectivity index (χ1n) is 6.46. The van der Waals surface area contributed by atoms with E-state index in [1.807, 2.05) is 13.8 Å². The lowest BCUT2D eigenvalue weighted by Crippen LogP contribution is -2.42. The van der Waals surface area contributed by atoms with Crippen LogP contribution < -0.4 is 5.73 Å². The van der Waals surface area contributed by atoms with Crippen molar-refractivity contribution in [2.24, 2.45) is 11.8 Å². The van der Waals surface area contributed by atoms with Gasteiger partial charge in [0, 0.05) is 13.1 Å². The van der Waals surface area contributed by atoms with Crippen LogP contribution in [-0.2, 0) is 10.0 Å². The molecule has 2 unspecified atom stereocenters. The SMILES string of the molecule is CC1CC(C)CN(S(=O)(=O)c2cc(N)c(F)cc2Cl)C1. The molecule has 1 aliphatic rings. The number of benzene rings is 1. The standard InChI is InChI=1S/C13H18ClFN2O2S/c1-8-3-9(2)7-17(6-8)20(18,19)13-5-12(16)11(15)4-10(13)14/h4-5,8-9H,3,6-7,16H2,1-2H3. The third kappa shape index (κ3) is 2.92. The van der Waals surface area contributed by atoms with Gasteiger partial charge in [0.05, 0.1) is 10.7 Å². The Morgan fingerprint density at radius 2 is 1.85 bits per heavy atom. The van der Waals surface area contributed by atoms with E-state index in [2.05, 4.69) is 0 Å². The van der Waals surface area contributed by atoms with E-state index in [4.69, 9.17) is 17.3 Å². The van der Waals surface area contributed by atoms with Crippen LogP contribution in [0.1, 0.15) is 20.3 Å². The van der Waals surface area contributed by atoms with Crippen molar-refractivity contribution in [2.45, 2.75) is 25.2 Å². The quantitative estimate of drug-likeness (QED) is 0.852. The number of sulfonamides is 1. The van der Waals surface area contributed by atoms with Crippen molar-refractivity contribution in [3.8, 4) is 0 Å². The van der Waals surface area contributed by atoms with Crippen molar-refractivity contribution < 1.29 is 12.8 Å². The third-order valence-electron chi connectivity index (χ3n) is 3.50. The fourth-order valence-electron chi connectivity index (χ4n) is 2.68. The van der Waals surface area contributed by atoms with Crippen LogP contribution in [-0.4, -0.2) is 25.8 Å². The molecule has 2 rings (SSSR count). The molecular formula is C13H18ClFN2O2S. The molecule has 20 heavy (non-hydrogen) atoms. The Labute approximate surface area is 123 Å². The molecule has 1 aliphatic heterocycles. The van der Waals surface area contributed by atoms with Crippen LogP contribution in [0.2, 0.25) is 5.02 Å². The van der Waals surface area contributed by atoms with Gasteiger partial charge >= 0.3 is 0 Å². The molecule has 1 aromatic carbocycles. The Kier molecular flexibility index (Phi) is 4.27. The molecule has 0 amide bonds. The van der Waals surface area contributed by atoms with Gasteiger partial charge in [0.15, 0.2) is 0 Å². The zero-order valence-corrected chi connectivity index (χ0v) is 13.0. The second-order valence-electron chi connectivity index (χ2n) is 5.57. The number of nitrogen functional groups attached to an aromatic ring is 1. The molecule has 112 valence electrons. The van der Waals surface area contributed by atoms with E-state index in [1.54, 1.807) is 0 Å². The topological polar surface area (TPSA) is 63.4 Å². The van der Waals surface area contributed by atoms with Crippen molar-refractivity contribution in [1.82, 2.24) is 4.31 Å². The third-order valence-corrected chi connectivity index (χ3v) is 5.80. The summed E-state index contributed by atoms with van der Waals surface area (Å²) in [6, 6.07) is 2.04. The molecule has 0 radical (unpaired) electrons. The Morgan fingerprint density at radius 3 is 2.40 bits per heavy atom. The lowest BCUT2D eigenvalue weighted by molar-refractivity contribution is 0.222. The lowest BCUT2D eigenvalue weighted by Gasteiger charge is -2.34. The number of hydrogen-bond donors (Lipinski definition) is 1. The zero-order valence-electron chi connectivity index (χ0n) is 11.4. The van der Waals surface area contributed by atoms with Gasteiger partial charge in [-0.25, -0.2) is 12.8 Å². The number of nitrogens with two attached hydrogens (primary N) is 1. The Bertz CT molecular complexity index is 611. The molecule has 2 atom stereocenters. The summed E-state index contributed by atoms with van der Waals surface area (Å²) in [5, 5.41) is -0.137. The molecule has 0 aromatic heterocycles. The van der Waals surface area contributed by atoms with Crippen molar-refractivity contribution >= 4 is 27.3 Å². The average molecular weight is 321 g/mol. The predicted octanol–water partition coefficient (Wildman–Crippen LogP) is 2.73. The molecule has 0 bridgehead atoms. The van der Waals surface area contributed by atoms with Crippen molar-refractivity contribution in [1.29, 1.82) is 0 Å². The lowest BCUT2D eigenvalue weighted by atomic mass is 9.94. The van der Waals surface area contributed by atoms with E-state index in [-0.39, 0.29) is 27.4 Å². The maximum atomic E-state index is 13.3. The monoisotopic (exact) mass is 320 g/mol. The fourth-order valence-corrected chi connectivity index (χ4v) is 4.89. The summed E-state index contributed by atoms with van der Waals surface area (Å²) in [7, 11) is -3.74. The molecule has 1 aromatic rings. The van der Waals surface area contributed by atoms with Crippen LogP contribution in [0.5, 0.6) is 0 Å². The highest BCUT2D eigenvalue weighted by molar-refractivity contribution is 7.89. The number of rotatable bonds is 2. The van der Waals surface area contributed by atoms with Gasteiger partial charge in [-0.05, 0) is 30.4 Å². The van der Waals surface area contributed by atoms with Gasteiger partial charge in [-0.3, -0.25) is 0 Å². The Balaban J connectivity index is 2.42. The number of hydrogen-bond acceptors (Lipinski definition) is 3. The molecule has 0 aliphatic carbocycles. The first-order valence-corrected chi connectivity index (χ1v) is 8.28. The molecular weight excluding hydrogens is 303 g/mol. The second kappa shape index (κ2) is 5.50. The summed E-state index contributed by atoms with van der Waals surface area (Å²) >= 11 is 5.88. The summed E-state index contributed by atoms with van der Waals surface area (Å²) in [6.07, 6.45) is 0.991. The summed E-state index contributed by atoms with van der Waals surface area (Å²) in [6.45, 7) is 4.91. The van der Waals surface area contributed by atoms with Crippen LogP contribution >= 0.6 is 11.6 Å². The van der Waals surface area contributed by atoms with Gasteiger partial charge in [0.1, 0.15) is 10.7 Å². The van der Waals surface area contributed by atoms with Crippen LogP contribution in [0, 0.1) is 17.7 Å². The van der Waals surface area contributed by atoms with E-state index in [0.717, 1.165) is 18.6 Å². The molecule has 0 saturated carbocycles. The van der Waals surface area contributed by atoms with Crippen molar-refractivity contribution in [3.63, 3.8) is 0 Å². The second-order valence-corrected chi connectivity index (χ2v) is 7.89. The first kappa shape index (κ1) is 15.5. The molecule has 1 fully saturated rings. The normalized spacial score (nSPS) is 24.8. The van der Waals surface area contributed by atoms with Gasteiger partial charge in [-0.2, -0.15) is 4.31 Å². The van der Waals surface area contributed by atoms with Crippen LogP contribution in [0.4, 0.5) is 10.1 Å². The minimum Gasteiger partial charge on any atom is -0.396 e. The Hall–Kier alpha value is -0.850. The molecule has 1 saturated heterocycles. The van der Waals surface area contributed by atoms with E-state index < -0.39 is 15.8 Å². The maximum absolute atomic E-state index is 13.3. The van der Waals surface area contributed by atoms with Gasteiger partial charge in [-0.1, -0.05) is 25.4 Å². The summed E-state index contributed by atoms with van der Waals surface area (Å²) in [4.78, 5) is -0.126. The van der Waals surface area contributed by atoms with Crippen molar-refractivity contribution in [3.05, 3.63) is 23.0 Å². The van der Waals surface area contributed by atoms with Gasteiger partial charge in [0.25, 0.3) is 0 Å². The van der Waals surface area contributed by atoms with E-state index in [1.165, 1.54) is 4.31 Å². The van der Waals surface area contributed by atoms with Gasteiger partial charge in [-0.15, -0.1) is 0 Å². The van der Waals surface area contributed by atoms with Crippen LogP contribution in [0.3, 0.4) is 0 Å². The van der Waals surface area contributed by atoms with Gasteiger partial charge in [0.2, 0.25) is 10.0 Å². The maximum Gasteiger partial charge on any atom is 0.244 e. The van der Waals surface area contributed by atoms with E-state index >= 15 is 0 Å². The number of nitrogens with zero attached hydrogens (tertiary/aromatic N) is 1. The van der Waals surface area contributed by atoms with Crippen molar-refractivity contribution in [2.75, 3.05) is 18.8 Å². The predicted molar refractivity (Wildman–Crippen MR) is 77.5 cm³/mol. The van der Waals surface area contributed by atoms with E-state index in [0.29, 0.717) is 13.1 Å². The molecule has 1 heterocycles. The largest absolute Gasteiger partial charge is 0.396 e. The summed E-state index contributed by atoms with van der Waals surface area (Å²) in [5.74, 6) is -0.149. The number of halogens is 2. The van der Waals surface area contributed by atoms with Crippen LogP contribution in [0.15, 0.2) is 17.0 Å². The van der Waals surface area contributed by atoms with E-state index in [9.17, 15) is 12.8 Å². The highest BCUT2D eigenvalue weighted by atomic mass is 35.5. The zero-order chi connectivity index (χ0) is 15.1. The van der Waals surface area contributed by atoms with Crippen LogP contribution in [0.25, 0.3) is 0 Å². The molecule has 7 heteroatoms. The molecule has 2 N–H and O–H groups in total. The van der Waals surface area contributed by atoms with Gasteiger partial charge < -0.3 is 5.73 Å². The minimum atomic E-state index is -3.74. The highest BCUT2D eigenvalue weighted by Crippen LogP contribution is 2.32. The fraction of sp³-hybridized carbons (Fsp3) is 0.538. The first-order chi connectivity index (χ1) is 9.21. The minimum absolute atomic E-state index is 0.126. The Morgan fingerprint density at radius 1 is 1.30 bits per heavy atom. The summed E-state index contributed by atoms with van der Waals surface area (Å²) < 4.78 is 40.0. The number of anilines is 1. The molecule has 4 nitrogen and oxygen atoms in total. The smallest absolute Gasteiger partial charge is 0.244 e. The molecule has 0 spiro atoms. The number of piperidine rings is 1. The average Bonchev–Trinajstić information content (AvgIpc) is 2.32. The highest BCUT2D eigenvalue weighted by Gasteiger charge is 2.33.